The van der Waals surface area contributed by atoms with Crippen LogP contribution in [-0.4, -0.2) is 5.11 Å². The number of aromatic hydroxyl groups is 1. The van der Waals surface area contributed by atoms with E-state index in [0.29, 0.717) is 30.9 Å². The molecule has 4 rings (SSSR count). The predicted octanol–water partition coefficient (Wildman–Crippen LogP) is 5.93. The molecule has 2 aliphatic rings. The Morgan fingerprint density at radius 2 is 2.00 bits per heavy atom. The molecule has 1 saturated carbocycles. The van der Waals surface area contributed by atoms with E-state index in [-0.39, 0.29) is 23.0 Å². The molecule has 2 heterocycles. The van der Waals surface area contributed by atoms with Crippen molar-refractivity contribution in [1.82, 2.24) is 0 Å². The average Bonchev–Trinajstić information content (AvgIpc) is 3.44. The molecule has 0 amide bonds. The standard InChI is InChI=1S/C25H29FO4/c1-3-11-25(12-10-16(2)30-25)23-21(27)15-22(29-24(23)28)19(13-17-4-5-17)14-18-6-8-20(26)9-7-18/h6-10,15,17,19,27H,3-5,11-14H2,1-2H3. The van der Waals surface area contributed by atoms with Crippen molar-refractivity contribution in [2.45, 2.75) is 70.3 Å². The molecule has 1 aromatic carbocycles. The molecule has 0 radical (unpaired) electrons. The van der Waals surface area contributed by atoms with E-state index < -0.39 is 11.2 Å². The van der Waals surface area contributed by atoms with Crippen LogP contribution in [-0.2, 0) is 16.8 Å². The van der Waals surface area contributed by atoms with E-state index in [1.807, 2.05) is 19.9 Å². The van der Waals surface area contributed by atoms with Crippen LogP contribution < -0.4 is 5.63 Å². The minimum Gasteiger partial charge on any atom is -0.507 e. The molecule has 2 aromatic rings. The summed E-state index contributed by atoms with van der Waals surface area (Å²) in [5.74, 6) is 1.49. The second-order valence-electron chi connectivity index (χ2n) is 8.77. The van der Waals surface area contributed by atoms with Gasteiger partial charge in [0.15, 0.2) is 0 Å². The van der Waals surface area contributed by atoms with Crippen LogP contribution in [0, 0.1) is 11.7 Å². The Morgan fingerprint density at radius 3 is 2.57 bits per heavy atom. The summed E-state index contributed by atoms with van der Waals surface area (Å²) in [4.78, 5) is 13.1. The van der Waals surface area contributed by atoms with Gasteiger partial charge in [0.05, 0.1) is 5.76 Å². The van der Waals surface area contributed by atoms with Gasteiger partial charge in [-0.15, -0.1) is 0 Å². The summed E-state index contributed by atoms with van der Waals surface area (Å²) in [5.41, 5.74) is -0.186. The molecule has 5 heteroatoms. The highest BCUT2D eigenvalue weighted by Crippen LogP contribution is 2.45. The fraction of sp³-hybridized carbons (Fsp3) is 0.480. The Labute approximate surface area is 176 Å². The Balaban J connectivity index is 1.67. The smallest absolute Gasteiger partial charge is 0.347 e. The van der Waals surface area contributed by atoms with E-state index in [0.717, 1.165) is 24.2 Å². The number of benzene rings is 1. The van der Waals surface area contributed by atoms with Crippen molar-refractivity contribution in [3.05, 3.63) is 75.3 Å². The lowest BCUT2D eigenvalue weighted by Gasteiger charge is -2.29. The van der Waals surface area contributed by atoms with Crippen molar-refractivity contribution < 1.29 is 18.7 Å². The third kappa shape index (κ3) is 4.30. The van der Waals surface area contributed by atoms with E-state index >= 15 is 0 Å². The van der Waals surface area contributed by atoms with Crippen molar-refractivity contribution >= 4 is 0 Å². The first-order valence-corrected chi connectivity index (χ1v) is 10.9. The molecule has 1 fully saturated rings. The van der Waals surface area contributed by atoms with Gasteiger partial charge in [-0.05, 0) is 55.9 Å². The minimum absolute atomic E-state index is 0.0397. The molecule has 4 nitrogen and oxygen atoms in total. The molecule has 1 aromatic heterocycles. The highest BCUT2D eigenvalue weighted by atomic mass is 19.1. The summed E-state index contributed by atoms with van der Waals surface area (Å²) in [5, 5.41) is 10.9. The van der Waals surface area contributed by atoms with Gasteiger partial charge in [-0.1, -0.05) is 38.3 Å². The summed E-state index contributed by atoms with van der Waals surface area (Å²) < 4.78 is 25.1. The SMILES string of the molecule is CCCC1(c2c(O)cc(C(Cc3ccc(F)cc3)CC3CC3)oc2=O)CC=C(C)O1. The maximum absolute atomic E-state index is 13.3. The quantitative estimate of drug-likeness (QED) is 0.584. The van der Waals surface area contributed by atoms with Crippen molar-refractivity contribution in [3.63, 3.8) is 0 Å². The largest absolute Gasteiger partial charge is 0.507 e. The van der Waals surface area contributed by atoms with Gasteiger partial charge < -0.3 is 14.3 Å². The maximum atomic E-state index is 13.3. The fourth-order valence-corrected chi connectivity index (χ4v) is 4.62. The monoisotopic (exact) mass is 412 g/mol. The van der Waals surface area contributed by atoms with E-state index in [1.165, 1.54) is 25.0 Å². The molecular formula is C25H29FO4. The van der Waals surface area contributed by atoms with Crippen LogP contribution in [0.4, 0.5) is 4.39 Å². The second-order valence-corrected chi connectivity index (χ2v) is 8.77. The summed E-state index contributed by atoms with van der Waals surface area (Å²) in [7, 11) is 0. The molecule has 0 bridgehead atoms. The summed E-state index contributed by atoms with van der Waals surface area (Å²) >= 11 is 0. The van der Waals surface area contributed by atoms with Crippen molar-refractivity contribution in [1.29, 1.82) is 0 Å². The third-order valence-corrected chi connectivity index (χ3v) is 6.25. The molecule has 30 heavy (non-hydrogen) atoms. The zero-order valence-corrected chi connectivity index (χ0v) is 17.6. The second kappa shape index (κ2) is 8.29. The first-order valence-electron chi connectivity index (χ1n) is 10.9. The van der Waals surface area contributed by atoms with Gasteiger partial charge in [-0.2, -0.15) is 0 Å². The number of hydrogen-bond donors (Lipinski definition) is 1. The predicted molar refractivity (Wildman–Crippen MR) is 113 cm³/mol. The highest BCUT2D eigenvalue weighted by molar-refractivity contribution is 5.38. The molecule has 1 aliphatic heterocycles. The first-order chi connectivity index (χ1) is 14.4. The van der Waals surface area contributed by atoms with Gasteiger partial charge in [0.2, 0.25) is 0 Å². The van der Waals surface area contributed by atoms with Crippen LogP contribution in [0.1, 0.15) is 75.2 Å². The van der Waals surface area contributed by atoms with Crippen LogP contribution >= 0.6 is 0 Å². The lowest BCUT2D eigenvalue weighted by atomic mass is 9.86. The van der Waals surface area contributed by atoms with E-state index in [9.17, 15) is 14.3 Å². The van der Waals surface area contributed by atoms with E-state index in [4.69, 9.17) is 9.15 Å². The highest BCUT2D eigenvalue weighted by Gasteiger charge is 2.42. The molecule has 1 N–H and O–H groups in total. The number of ether oxygens (including phenoxy) is 1. The molecule has 1 aliphatic carbocycles. The summed E-state index contributed by atoms with van der Waals surface area (Å²) in [6.07, 6.45) is 7.81. The lowest BCUT2D eigenvalue weighted by Crippen LogP contribution is -2.32. The minimum atomic E-state index is -0.856. The van der Waals surface area contributed by atoms with Crippen LogP contribution in [0.5, 0.6) is 5.75 Å². The van der Waals surface area contributed by atoms with Crippen LogP contribution in [0.3, 0.4) is 0 Å². The van der Waals surface area contributed by atoms with Gasteiger partial charge in [-0.25, -0.2) is 9.18 Å². The lowest BCUT2D eigenvalue weighted by molar-refractivity contribution is 0.00886. The number of rotatable bonds is 8. The third-order valence-electron chi connectivity index (χ3n) is 6.25. The Kier molecular flexibility index (Phi) is 5.72. The van der Waals surface area contributed by atoms with Gasteiger partial charge in [0, 0.05) is 18.4 Å². The van der Waals surface area contributed by atoms with Gasteiger partial charge in [0.1, 0.15) is 28.5 Å². The van der Waals surface area contributed by atoms with E-state index in [2.05, 4.69) is 0 Å². The topological polar surface area (TPSA) is 59.7 Å². The van der Waals surface area contributed by atoms with Crippen LogP contribution in [0.2, 0.25) is 0 Å². The molecule has 0 spiro atoms. The molecule has 160 valence electrons. The van der Waals surface area contributed by atoms with Gasteiger partial charge in [-0.3, -0.25) is 0 Å². The van der Waals surface area contributed by atoms with Gasteiger partial charge in [0.25, 0.3) is 0 Å². The summed E-state index contributed by atoms with van der Waals surface area (Å²) in [6, 6.07) is 8.02. The molecule has 2 unspecified atom stereocenters. The zero-order valence-electron chi connectivity index (χ0n) is 17.6. The van der Waals surface area contributed by atoms with Gasteiger partial charge >= 0.3 is 5.63 Å². The molecule has 0 saturated heterocycles. The van der Waals surface area contributed by atoms with Crippen molar-refractivity contribution in [2.24, 2.45) is 5.92 Å². The zero-order chi connectivity index (χ0) is 21.3. The Morgan fingerprint density at radius 1 is 1.27 bits per heavy atom. The number of hydrogen-bond acceptors (Lipinski definition) is 4. The Hall–Kier alpha value is -2.56. The number of halogens is 1. The summed E-state index contributed by atoms with van der Waals surface area (Å²) in [6.45, 7) is 3.89. The first kappa shape index (κ1) is 20.7. The Bertz CT molecular complexity index is 987. The van der Waals surface area contributed by atoms with Crippen LogP contribution in [0.25, 0.3) is 0 Å². The number of allylic oxidation sites excluding steroid dienone is 1. The normalized spacial score (nSPS) is 21.9. The van der Waals surface area contributed by atoms with E-state index in [1.54, 1.807) is 18.2 Å². The van der Waals surface area contributed by atoms with Crippen LogP contribution in [0.15, 0.2) is 51.4 Å². The van der Waals surface area contributed by atoms with Crippen molar-refractivity contribution in [3.8, 4) is 5.75 Å². The molecular weight excluding hydrogens is 383 g/mol. The average molecular weight is 413 g/mol. The van der Waals surface area contributed by atoms with Crippen molar-refractivity contribution in [2.75, 3.05) is 0 Å². The molecule has 2 atom stereocenters. The fourth-order valence-electron chi connectivity index (χ4n) is 4.62. The maximum Gasteiger partial charge on any atom is 0.347 e.